The van der Waals surface area contributed by atoms with Gasteiger partial charge in [-0.2, -0.15) is 0 Å². The van der Waals surface area contributed by atoms with E-state index in [-0.39, 0.29) is 0 Å². The Hall–Kier alpha value is -0.000000000000000167. The third kappa shape index (κ3) is 3.80. The van der Waals surface area contributed by atoms with Gasteiger partial charge in [0, 0.05) is 22.0 Å². The maximum Gasteiger partial charge on any atom is 0.147 e. The van der Waals surface area contributed by atoms with Gasteiger partial charge in [0.25, 0.3) is 0 Å². The second-order valence-corrected chi connectivity index (χ2v) is 7.01. The number of benzene rings is 1. The predicted octanol–water partition coefficient (Wildman–Crippen LogP) is 6.79. The van der Waals surface area contributed by atoms with E-state index in [2.05, 4.69) is 57.6 Å². The van der Waals surface area contributed by atoms with Crippen LogP contribution in [-0.4, -0.2) is 0 Å². The van der Waals surface area contributed by atoms with Gasteiger partial charge in [-0.05, 0) is 41.1 Å². The summed E-state index contributed by atoms with van der Waals surface area (Å²) in [6, 6.07) is 8.20. The molecule has 0 amide bonds. The van der Waals surface area contributed by atoms with Crippen LogP contribution < -0.4 is 0 Å². The molecule has 0 radical (unpaired) electrons. The predicted molar refractivity (Wildman–Crippen MR) is 97.3 cm³/mol. The summed E-state index contributed by atoms with van der Waals surface area (Å²) in [5.74, 6) is 2.51. The first-order valence-corrected chi connectivity index (χ1v) is 9.20. The number of furan rings is 1. The van der Waals surface area contributed by atoms with Gasteiger partial charge in [0.2, 0.25) is 0 Å². The van der Waals surface area contributed by atoms with E-state index < -0.39 is 0 Å². The van der Waals surface area contributed by atoms with Gasteiger partial charge in [-0.25, -0.2) is 0 Å². The van der Waals surface area contributed by atoms with Gasteiger partial charge in [-0.1, -0.05) is 47.8 Å². The van der Waals surface area contributed by atoms with Crippen LogP contribution in [0, 0.1) is 3.57 Å². The summed E-state index contributed by atoms with van der Waals surface area (Å²) in [6.07, 6.45) is 4.58. The average molecular weight is 468 g/mol. The maximum absolute atomic E-state index is 6.10. The lowest BCUT2D eigenvalue weighted by Crippen LogP contribution is -1.88. The van der Waals surface area contributed by atoms with Crippen LogP contribution in [0.1, 0.15) is 37.5 Å². The van der Waals surface area contributed by atoms with Crippen molar-refractivity contribution >= 4 is 50.1 Å². The Bertz CT molecular complexity index is 563. The number of hydrogen-bond donors (Lipinski definition) is 0. The van der Waals surface area contributed by atoms with Crippen LogP contribution in [0.3, 0.4) is 0 Å². The number of hydrogen-bond acceptors (Lipinski definition) is 1. The Morgan fingerprint density at radius 2 is 1.90 bits per heavy atom. The minimum Gasteiger partial charge on any atom is -0.460 e. The molecular weight excluding hydrogens is 450 g/mol. The number of aryl methyl sites for hydroxylation is 1. The second-order valence-electron chi connectivity index (χ2n) is 4.74. The third-order valence-corrected chi connectivity index (χ3v) is 5.21. The first-order chi connectivity index (χ1) is 9.67. The molecule has 0 aliphatic rings. The Balaban J connectivity index is 2.32. The Morgan fingerprint density at radius 3 is 2.50 bits per heavy atom. The minimum absolute atomic E-state index is 0.514. The van der Waals surface area contributed by atoms with Crippen LogP contribution in [0.5, 0.6) is 0 Å². The highest BCUT2D eigenvalue weighted by molar-refractivity contribution is 14.1. The zero-order valence-corrected chi connectivity index (χ0v) is 15.9. The van der Waals surface area contributed by atoms with Crippen molar-refractivity contribution in [2.75, 3.05) is 0 Å². The highest BCUT2D eigenvalue weighted by atomic mass is 127. The molecule has 4 heteroatoms. The van der Waals surface area contributed by atoms with Crippen LogP contribution in [0.4, 0.5) is 0 Å². The first-order valence-electron chi connectivity index (χ1n) is 6.79. The molecule has 1 nitrogen and oxygen atoms in total. The van der Waals surface area contributed by atoms with Gasteiger partial charge < -0.3 is 4.42 Å². The molecule has 108 valence electrons. The molecule has 1 aromatic carbocycles. The monoisotopic (exact) mass is 466 g/mol. The topological polar surface area (TPSA) is 13.1 Å². The zero-order valence-electron chi connectivity index (χ0n) is 11.4. The molecule has 1 heterocycles. The molecule has 1 aromatic heterocycles. The van der Waals surface area contributed by atoms with Crippen LogP contribution in [0.2, 0.25) is 0 Å². The van der Waals surface area contributed by atoms with Crippen molar-refractivity contribution in [3.8, 4) is 11.3 Å². The lowest BCUT2D eigenvalue weighted by atomic mass is 10.1. The van der Waals surface area contributed by atoms with E-state index >= 15 is 0 Å². The van der Waals surface area contributed by atoms with Gasteiger partial charge in [-0.3, -0.25) is 0 Å². The second kappa shape index (κ2) is 7.85. The van der Waals surface area contributed by atoms with Crippen molar-refractivity contribution < 1.29 is 4.42 Å². The summed E-state index contributed by atoms with van der Waals surface area (Å²) in [6.45, 7) is 2.21. The molecule has 0 unspecified atom stereocenters. The van der Waals surface area contributed by atoms with E-state index in [1.54, 1.807) is 0 Å². The smallest absolute Gasteiger partial charge is 0.147 e. The summed E-state index contributed by atoms with van der Waals surface area (Å²) >= 11 is 11.9. The quantitative estimate of drug-likeness (QED) is 0.259. The number of halogens is 3. The highest BCUT2D eigenvalue weighted by Gasteiger charge is 2.18. The zero-order chi connectivity index (χ0) is 14.5. The molecule has 0 fully saturated rings. The molecule has 0 saturated carbocycles. The van der Waals surface area contributed by atoms with Crippen molar-refractivity contribution in [1.82, 2.24) is 0 Å². The van der Waals surface area contributed by atoms with Crippen molar-refractivity contribution in [3.05, 3.63) is 43.6 Å². The lowest BCUT2D eigenvalue weighted by molar-refractivity contribution is 0.504. The Kier molecular flexibility index (Phi) is 6.43. The van der Waals surface area contributed by atoms with Crippen molar-refractivity contribution in [3.63, 3.8) is 0 Å². The maximum atomic E-state index is 6.10. The van der Waals surface area contributed by atoms with Gasteiger partial charge in [0.15, 0.2) is 0 Å². The fraction of sp³-hybridized carbons (Fsp3) is 0.375. The van der Waals surface area contributed by atoms with Crippen LogP contribution >= 0.6 is 50.1 Å². The van der Waals surface area contributed by atoms with Crippen molar-refractivity contribution in [1.29, 1.82) is 0 Å². The first kappa shape index (κ1) is 16.4. The summed E-state index contributed by atoms with van der Waals surface area (Å²) in [5.41, 5.74) is 2.26. The lowest BCUT2D eigenvalue weighted by Gasteiger charge is -1.99. The van der Waals surface area contributed by atoms with Crippen LogP contribution in [0.25, 0.3) is 11.3 Å². The molecule has 0 bridgehead atoms. The summed E-state index contributed by atoms with van der Waals surface area (Å²) in [4.78, 5) is 0. The fourth-order valence-electron chi connectivity index (χ4n) is 2.15. The summed E-state index contributed by atoms with van der Waals surface area (Å²) in [7, 11) is 0. The third-order valence-electron chi connectivity index (χ3n) is 3.27. The Morgan fingerprint density at radius 1 is 1.20 bits per heavy atom. The van der Waals surface area contributed by atoms with Gasteiger partial charge in [0.1, 0.15) is 11.5 Å². The van der Waals surface area contributed by atoms with E-state index in [1.165, 1.54) is 12.8 Å². The van der Waals surface area contributed by atoms with Gasteiger partial charge >= 0.3 is 0 Å². The molecule has 2 aromatic rings. The molecule has 0 N–H and O–H groups in total. The van der Waals surface area contributed by atoms with E-state index in [0.717, 1.165) is 43.5 Å². The minimum atomic E-state index is 0.514. The van der Waals surface area contributed by atoms with Crippen LogP contribution in [-0.2, 0) is 12.3 Å². The van der Waals surface area contributed by atoms with E-state index in [4.69, 9.17) is 16.0 Å². The largest absolute Gasteiger partial charge is 0.460 e. The molecule has 0 spiro atoms. The van der Waals surface area contributed by atoms with E-state index in [1.807, 2.05) is 12.1 Å². The van der Waals surface area contributed by atoms with Crippen LogP contribution in [0.15, 0.2) is 33.2 Å². The Labute approximate surface area is 147 Å². The number of unbranched alkanes of at least 4 members (excludes halogenated alkanes) is 2. The SMILES string of the molecule is CCCCCc1oc(-c2ccc(Br)cc2)c(I)c1CCl. The molecule has 0 aliphatic heterocycles. The number of rotatable bonds is 6. The highest BCUT2D eigenvalue weighted by Crippen LogP contribution is 2.35. The molecule has 2 rings (SSSR count). The van der Waals surface area contributed by atoms with E-state index in [0.29, 0.717) is 5.88 Å². The van der Waals surface area contributed by atoms with Crippen molar-refractivity contribution in [2.45, 2.75) is 38.5 Å². The van der Waals surface area contributed by atoms with E-state index in [9.17, 15) is 0 Å². The summed E-state index contributed by atoms with van der Waals surface area (Å²) < 4.78 is 8.32. The molecule has 0 aliphatic carbocycles. The normalized spacial score (nSPS) is 11.0. The number of alkyl halides is 1. The molecule has 0 atom stereocenters. The molecule has 0 saturated heterocycles. The standard InChI is InChI=1S/C16H17BrClIO/c1-2-3-4-5-14-13(10-18)15(19)16(20-14)11-6-8-12(17)9-7-11/h6-9H,2-5,10H2,1H3. The van der Waals surface area contributed by atoms with Crippen molar-refractivity contribution in [2.24, 2.45) is 0 Å². The molecular formula is C16H17BrClIO. The summed E-state index contributed by atoms with van der Waals surface area (Å²) in [5, 5.41) is 0. The van der Waals surface area contributed by atoms with Gasteiger partial charge in [-0.15, -0.1) is 11.6 Å². The molecule has 20 heavy (non-hydrogen) atoms. The average Bonchev–Trinajstić information content (AvgIpc) is 2.76. The van der Waals surface area contributed by atoms with Gasteiger partial charge in [0.05, 0.1) is 9.45 Å². The fourth-order valence-corrected chi connectivity index (χ4v) is 3.83.